The van der Waals surface area contributed by atoms with Gasteiger partial charge in [-0.05, 0) is 43.9 Å². The lowest BCUT2D eigenvalue weighted by molar-refractivity contribution is -0.0689. The second-order valence-electron chi connectivity index (χ2n) is 11.2. The zero-order valence-corrected chi connectivity index (χ0v) is 23.4. The maximum Gasteiger partial charge on any atom is 0.387 e. The Labute approximate surface area is 240 Å². The van der Waals surface area contributed by atoms with Crippen LogP contribution in [-0.4, -0.2) is 84.0 Å². The molecule has 2 aromatic carbocycles. The fourth-order valence-electron chi connectivity index (χ4n) is 6.36. The number of fused-ring (bicyclic) bond motifs is 3. The number of halogens is 6. The van der Waals surface area contributed by atoms with Crippen LogP contribution in [0.2, 0.25) is 0 Å². The first-order valence-electron chi connectivity index (χ1n) is 14.3. The van der Waals surface area contributed by atoms with E-state index in [4.69, 9.17) is 4.74 Å². The van der Waals surface area contributed by atoms with E-state index in [-0.39, 0.29) is 22.9 Å². The van der Waals surface area contributed by atoms with E-state index in [0.29, 0.717) is 42.7 Å². The predicted octanol–water partition coefficient (Wildman–Crippen LogP) is 6.11. The minimum absolute atomic E-state index is 0.0153. The van der Waals surface area contributed by atoms with Crippen LogP contribution in [0, 0.1) is 5.82 Å². The number of ether oxygens (including phenoxy) is 1. The number of hydrogen-bond acceptors (Lipinski definition) is 5. The van der Waals surface area contributed by atoms with Gasteiger partial charge in [0.2, 0.25) is 0 Å². The van der Waals surface area contributed by atoms with Crippen LogP contribution in [0.25, 0.3) is 10.9 Å². The molecule has 3 atom stereocenters. The van der Waals surface area contributed by atoms with E-state index in [1.165, 1.54) is 17.0 Å². The highest BCUT2D eigenvalue weighted by Gasteiger charge is 2.43. The van der Waals surface area contributed by atoms with Gasteiger partial charge in [0.1, 0.15) is 11.6 Å². The van der Waals surface area contributed by atoms with E-state index < -0.39 is 56.7 Å². The number of aliphatic hydroxyl groups excluding tert-OH is 1. The molecule has 2 aliphatic heterocycles. The first-order chi connectivity index (χ1) is 20.1. The molecule has 12 heteroatoms. The Morgan fingerprint density at radius 2 is 2.02 bits per heavy atom. The molecule has 230 valence electrons. The Bertz CT molecular complexity index is 1370. The summed E-state index contributed by atoms with van der Waals surface area (Å²) in [6.45, 7) is -1.17. The van der Waals surface area contributed by atoms with Crippen molar-refractivity contribution in [1.82, 2.24) is 14.8 Å². The maximum absolute atomic E-state index is 15.0. The standard InChI is InChI=1S/C30H36F6N4O2/c1-18-14-23-21-4-2-5-24(32)26(21)38-27(23)28(40(18)17-30(35,36)9-13-41)22-7-6-19(15-25(22)42-29(33)34)37-20-8-12-39(16-20)11-3-10-31/h2,4-7,15,18,20,28-29,37-38,41H,3,8-14,16-17H2,1H3/t18-,20+,28?/m1/s1. The van der Waals surface area contributed by atoms with Crippen molar-refractivity contribution in [2.45, 2.75) is 63.3 Å². The number of likely N-dealkylation sites (tertiary alicyclic amines) is 1. The van der Waals surface area contributed by atoms with Gasteiger partial charge in [-0.3, -0.25) is 9.29 Å². The van der Waals surface area contributed by atoms with E-state index in [1.807, 2.05) is 0 Å². The number of H-pyrrole nitrogens is 1. The molecule has 1 unspecified atom stereocenters. The molecule has 3 aromatic rings. The molecule has 0 amide bonds. The van der Waals surface area contributed by atoms with E-state index in [9.17, 15) is 31.4 Å². The second-order valence-corrected chi connectivity index (χ2v) is 11.2. The van der Waals surface area contributed by atoms with Gasteiger partial charge in [0.25, 0.3) is 5.92 Å². The average Bonchev–Trinajstić information content (AvgIpc) is 3.53. The number of benzene rings is 2. The number of aliphatic hydroxyl groups is 1. The van der Waals surface area contributed by atoms with E-state index in [1.54, 1.807) is 31.2 Å². The molecular weight excluding hydrogens is 562 g/mol. The summed E-state index contributed by atoms with van der Waals surface area (Å²) in [5.41, 5.74) is 2.14. The first-order valence-corrected chi connectivity index (χ1v) is 14.3. The minimum Gasteiger partial charge on any atom is -0.434 e. The van der Waals surface area contributed by atoms with Gasteiger partial charge in [0.05, 0.1) is 24.8 Å². The van der Waals surface area contributed by atoms with Crippen LogP contribution in [0.15, 0.2) is 36.4 Å². The maximum atomic E-state index is 15.0. The Hall–Kier alpha value is -2.96. The van der Waals surface area contributed by atoms with Crippen LogP contribution in [0.3, 0.4) is 0 Å². The summed E-state index contributed by atoms with van der Waals surface area (Å²) in [4.78, 5) is 6.71. The third kappa shape index (κ3) is 6.50. The van der Waals surface area contributed by atoms with Crippen molar-refractivity contribution in [2.75, 3.05) is 44.8 Å². The second kappa shape index (κ2) is 12.7. The van der Waals surface area contributed by atoms with Crippen LogP contribution in [0.1, 0.15) is 49.0 Å². The molecule has 0 spiro atoms. The van der Waals surface area contributed by atoms with Crippen molar-refractivity contribution < 1.29 is 36.2 Å². The highest BCUT2D eigenvalue weighted by molar-refractivity contribution is 5.86. The van der Waals surface area contributed by atoms with Crippen LogP contribution < -0.4 is 10.1 Å². The highest BCUT2D eigenvalue weighted by Crippen LogP contribution is 2.46. The summed E-state index contributed by atoms with van der Waals surface area (Å²) in [5.74, 6) is -3.95. The molecular formula is C30H36F6N4O2. The number of anilines is 1. The van der Waals surface area contributed by atoms with Crippen molar-refractivity contribution in [3.05, 3.63) is 59.0 Å². The fraction of sp³-hybridized carbons (Fsp3) is 0.533. The normalized spacial score (nSPS) is 21.8. The Morgan fingerprint density at radius 3 is 2.76 bits per heavy atom. The summed E-state index contributed by atoms with van der Waals surface area (Å²) < 4.78 is 89.8. The zero-order chi connectivity index (χ0) is 30.0. The van der Waals surface area contributed by atoms with Gasteiger partial charge in [0.15, 0.2) is 0 Å². The van der Waals surface area contributed by atoms with Crippen LogP contribution in [0.5, 0.6) is 5.75 Å². The van der Waals surface area contributed by atoms with Crippen molar-refractivity contribution in [3.8, 4) is 5.75 Å². The largest absolute Gasteiger partial charge is 0.434 e. The molecule has 0 aliphatic carbocycles. The molecule has 2 aliphatic rings. The van der Waals surface area contributed by atoms with Gasteiger partial charge in [-0.15, -0.1) is 0 Å². The third-order valence-corrected chi connectivity index (χ3v) is 8.26. The summed E-state index contributed by atoms with van der Waals surface area (Å²) in [6, 6.07) is 7.90. The summed E-state index contributed by atoms with van der Waals surface area (Å²) >= 11 is 0. The molecule has 5 rings (SSSR count). The molecule has 0 saturated carbocycles. The molecule has 3 N–H and O–H groups in total. The number of nitrogens with zero attached hydrogens (tertiary/aromatic N) is 2. The van der Waals surface area contributed by atoms with Gasteiger partial charge in [-0.1, -0.05) is 18.2 Å². The molecule has 0 bridgehead atoms. The molecule has 1 aromatic heterocycles. The Kier molecular flexibility index (Phi) is 9.24. The van der Waals surface area contributed by atoms with Gasteiger partial charge in [-0.2, -0.15) is 8.78 Å². The number of alkyl halides is 5. The predicted molar refractivity (Wildman–Crippen MR) is 149 cm³/mol. The Morgan fingerprint density at radius 1 is 1.21 bits per heavy atom. The molecule has 3 heterocycles. The summed E-state index contributed by atoms with van der Waals surface area (Å²) in [5, 5.41) is 13.2. The SMILES string of the molecule is C[C@@H]1Cc2c([nH]c3c(F)cccc23)C(c2ccc(N[C@H]3CCN(CCCF)C3)cc2OC(F)F)N1CC(F)(F)CCO. The molecule has 1 saturated heterocycles. The number of aromatic amines is 1. The average molecular weight is 599 g/mol. The number of nitrogens with one attached hydrogen (secondary N) is 2. The van der Waals surface area contributed by atoms with Gasteiger partial charge in [-0.25, -0.2) is 13.2 Å². The van der Waals surface area contributed by atoms with E-state index in [2.05, 4.69) is 15.2 Å². The number of para-hydroxylation sites is 1. The lowest BCUT2D eigenvalue weighted by Crippen LogP contribution is -2.48. The van der Waals surface area contributed by atoms with Crippen LogP contribution >= 0.6 is 0 Å². The molecule has 42 heavy (non-hydrogen) atoms. The van der Waals surface area contributed by atoms with Gasteiger partial charge < -0.3 is 25.0 Å². The monoisotopic (exact) mass is 598 g/mol. The van der Waals surface area contributed by atoms with Crippen molar-refractivity contribution in [3.63, 3.8) is 0 Å². The lowest BCUT2D eigenvalue weighted by Gasteiger charge is -2.42. The fourth-order valence-corrected chi connectivity index (χ4v) is 6.36. The van der Waals surface area contributed by atoms with Crippen molar-refractivity contribution in [1.29, 1.82) is 0 Å². The smallest absolute Gasteiger partial charge is 0.387 e. The van der Waals surface area contributed by atoms with E-state index in [0.717, 1.165) is 18.5 Å². The Balaban J connectivity index is 1.55. The topological polar surface area (TPSA) is 63.8 Å². The minimum atomic E-state index is -3.27. The quantitative estimate of drug-likeness (QED) is 0.220. The summed E-state index contributed by atoms with van der Waals surface area (Å²) in [7, 11) is 0. The molecule has 1 fully saturated rings. The lowest BCUT2D eigenvalue weighted by atomic mass is 9.87. The van der Waals surface area contributed by atoms with Gasteiger partial charge >= 0.3 is 6.61 Å². The van der Waals surface area contributed by atoms with Crippen LogP contribution in [0.4, 0.5) is 32.0 Å². The van der Waals surface area contributed by atoms with Crippen LogP contribution in [-0.2, 0) is 6.42 Å². The van der Waals surface area contributed by atoms with Gasteiger partial charge in [0, 0.05) is 73.1 Å². The number of aromatic nitrogens is 1. The first kappa shape index (κ1) is 30.5. The van der Waals surface area contributed by atoms with Crippen molar-refractivity contribution in [2.24, 2.45) is 0 Å². The molecule has 6 nitrogen and oxygen atoms in total. The number of rotatable bonds is 12. The number of hydrogen-bond donors (Lipinski definition) is 3. The van der Waals surface area contributed by atoms with E-state index >= 15 is 0 Å². The summed E-state index contributed by atoms with van der Waals surface area (Å²) in [6.07, 6.45) is 0.803. The van der Waals surface area contributed by atoms with Crippen molar-refractivity contribution >= 4 is 16.6 Å². The highest BCUT2D eigenvalue weighted by atomic mass is 19.3. The third-order valence-electron chi connectivity index (χ3n) is 8.26. The molecule has 0 radical (unpaired) electrons. The zero-order valence-electron chi connectivity index (χ0n) is 23.4.